The van der Waals surface area contributed by atoms with Crippen LogP contribution < -0.4 is 0 Å². The second kappa shape index (κ2) is 4.28. The minimum absolute atomic E-state index is 0.434. The van der Waals surface area contributed by atoms with Crippen molar-refractivity contribution in [3.8, 4) is 0 Å². The van der Waals surface area contributed by atoms with E-state index >= 15 is 0 Å². The molecule has 0 rings (SSSR count). The van der Waals surface area contributed by atoms with Crippen LogP contribution >= 0.6 is 0 Å². The molecule has 0 aliphatic rings. The Morgan fingerprint density at radius 2 is 1.60 bits per heavy atom. The molecule has 0 saturated heterocycles. The fourth-order valence-electron chi connectivity index (χ4n) is 0.986. The van der Waals surface area contributed by atoms with Crippen LogP contribution in [0.3, 0.4) is 0 Å². The first-order valence-corrected chi connectivity index (χ1v) is 3.72. The normalized spacial score (nSPS) is 11.1. The highest BCUT2D eigenvalue weighted by Gasteiger charge is 2.22. The van der Waals surface area contributed by atoms with Gasteiger partial charge in [-0.25, -0.2) is 4.79 Å². The van der Waals surface area contributed by atoms with Crippen molar-refractivity contribution in [3.05, 3.63) is 0 Å². The van der Waals surface area contributed by atoms with Crippen molar-refractivity contribution in [2.24, 2.45) is 0 Å². The molecule has 0 aromatic carbocycles. The van der Waals surface area contributed by atoms with Crippen LogP contribution in [0.25, 0.3) is 0 Å². The average Bonchev–Trinajstić information content (AvgIpc) is 2.01. The van der Waals surface area contributed by atoms with E-state index in [0.717, 1.165) is 19.6 Å². The van der Waals surface area contributed by atoms with E-state index in [9.17, 15) is 4.79 Å². The number of quaternary nitrogens is 1. The molecule has 0 spiro atoms. The molecule has 0 aromatic heterocycles. The summed E-state index contributed by atoms with van der Waals surface area (Å²) in [6, 6.07) is 0. The SMILES string of the molecule is CC[N+](CC)(CC)OC=O. The van der Waals surface area contributed by atoms with Gasteiger partial charge in [-0.15, -0.1) is 4.65 Å². The summed E-state index contributed by atoms with van der Waals surface area (Å²) in [6.07, 6.45) is 0. The van der Waals surface area contributed by atoms with Gasteiger partial charge < -0.3 is 0 Å². The Bertz CT molecular complexity index is 91.5. The first-order chi connectivity index (χ1) is 4.74. The summed E-state index contributed by atoms with van der Waals surface area (Å²) < 4.78 is 0.434. The zero-order valence-corrected chi connectivity index (χ0v) is 6.96. The largest absolute Gasteiger partial charge is 0.355 e. The van der Waals surface area contributed by atoms with Gasteiger partial charge in [0.15, 0.2) is 0 Å². The van der Waals surface area contributed by atoms with Gasteiger partial charge in [0.25, 0.3) is 0 Å². The minimum Gasteiger partial charge on any atom is -0.280 e. The van der Waals surface area contributed by atoms with Crippen molar-refractivity contribution in [3.63, 3.8) is 0 Å². The third-order valence-electron chi connectivity index (χ3n) is 2.00. The number of nitrogens with zero attached hydrogens (tertiary/aromatic N) is 1. The van der Waals surface area contributed by atoms with Gasteiger partial charge in [0.1, 0.15) is 19.6 Å². The van der Waals surface area contributed by atoms with Crippen molar-refractivity contribution in [1.29, 1.82) is 0 Å². The Kier molecular flexibility index (Phi) is 4.03. The van der Waals surface area contributed by atoms with Crippen LogP contribution in [0, 0.1) is 0 Å². The zero-order valence-electron chi connectivity index (χ0n) is 6.96. The number of hydrogen-bond acceptors (Lipinski definition) is 2. The Morgan fingerprint density at radius 3 is 1.70 bits per heavy atom. The number of hydroxylamine groups is 3. The summed E-state index contributed by atoms with van der Waals surface area (Å²) in [5.41, 5.74) is 0. The third kappa shape index (κ3) is 1.99. The lowest BCUT2D eigenvalue weighted by molar-refractivity contribution is -1.08. The molecule has 0 unspecified atom stereocenters. The van der Waals surface area contributed by atoms with E-state index in [0.29, 0.717) is 11.1 Å². The van der Waals surface area contributed by atoms with E-state index in [1.54, 1.807) is 0 Å². The van der Waals surface area contributed by atoms with E-state index in [1.807, 2.05) is 20.8 Å². The fraction of sp³-hybridized carbons (Fsp3) is 0.857. The molecule has 0 N–H and O–H groups in total. The third-order valence-corrected chi connectivity index (χ3v) is 2.00. The van der Waals surface area contributed by atoms with Gasteiger partial charge >= 0.3 is 6.47 Å². The highest BCUT2D eigenvalue weighted by molar-refractivity contribution is 5.35. The van der Waals surface area contributed by atoms with Gasteiger partial charge in [-0.2, -0.15) is 0 Å². The lowest BCUT2D eigenvalue weighted by atomic mass is 10.5. The Labute approximate surface area is 62.1 Å². The summed E-state index contributed by atoms with van der Waals surface area (Å²) in [7, 11) is 0. The van der Waals surface area contributed by atoms with Gasteiger partial charge in [0, 0.05) is 0 Å². The molecule has 0 radical (unpaired) electrons. The molecular formula is C7H16NO2+. The van der Waals surface area contributed by atoms with Crippen LogP contribution in [-0.4, -0.2) is 30.8 Å². The molecule has 0 amide bonds. The molecule has 60 valence electrons. The fourth-order valence-corrected chi connectivity index (χ4v) is 0.986. The van der Waals surface area contributed by atoms with Crippen LogP contribution in [0.1, 0.15) is 20.8 Å². The van der Waals surface area contributed by atoms with Crippen molar-refractivity contribution in [1.82, 2.24) is 0 Å². The van der Waals surface area contributed by atoms with Gasteiger partial charge in [-0.3, -0.25) is 4.84 Å². The van der Waals surface area contributed by atoms with E-state index in [1.165, 1.54) is 0 Å². The highest BCUT2D eigenvalue weighted by atomic mass is 16.7. The second-order valence-electron chi connectivity index (χ2n) is 2.21. The lowest BCUT2D eigenvalue weighted by Gasteiger charge is -2.29. The zero-order chi connectivity index (χ0) is 8.04. The van der Waals surface area contributed by atoms with E-state index in [4.69, 9.17) is 4.84 Å². The van der Waals surface area contributed by atoms with Crippen LogP contribution in [0.5, 0.6) is 0 Å². The first kappa shape index (κ1) is 9.43. The van der Waals surface area contributed by atoms with E-state index < -0.39 is 0 Å². The molecular weight excluding hydrogens is 130 g/mol. The predicted octanol–water partition coefficient (Wildman–Crippen LogP) is 0.951. The quantitative estimate of drug-likeness (QED) is 0.328. The number of carbonyl (C=O) groups is 1. The van der Waals surface area contributed by atoms with Crippen LogP contribution in [-0.2, 0) is 9.63 Å². The topological polar surface area (TPSA) is 26.3 Å². The van der Waals surface area contributed by atoms with Gasteiger partial charge in [0.2, 0.25) is 0 Å². The van der Waals surface area contributed by atoms with E-state index in [-0.39, 0.29) is 0 Å². The molecule has 0 fully saturated rings. The molecule has 0 atom stereocenters. The maximum Gasteiger partial charge on any atom is 0.355 e. The summed E-state index contributed by atoms with van der Waals surface area (Å²) in [6.45, 7) is 9.07. The van der Waals surface area contributed by atoms with Crippen LogP contribution in [0.15, 0.2) is 0 Å². The molecule has 0 aliphatic heterocycles. The van der Waals surface area contributed by atoms with Crippen LogP contribution in [0.2, 0.25) is 0 Å². The predicted molar refractivity (Wildman–Crippen MR) is 39.0 cm³/mol. The van der Waals surface area contributed by atoms with Crippen molar-refractivity contribution in [2.75, 3.05) is 19.6 Å². The molecule has 0 bridgehead atoms. The summed E-state index contributed by atoms with van der Waals surface area (Å²) in [4.78, 5) is 15.0. The molecule has 3 nitrogen and oxygen atoms in total. The smallest absolute Gasteiger partial charge is 0.280 e. The second-order valence-corrected chi connectivity index (χ2v) is 2.21. The molecule has 10 heavy (non-hydrogen) atoms. The van der Waals surface area contributed by atoms with Crippen molar-refractivity contribution in [2.45, 2.75) is 20.8 Å². The van der Waals surface area contributed by atoms with Crippen LogP contribution in [0.4, 0.5) is 0 Å². The summed E-state index contributed by atoms with van der Waals surface area (Å²) in [5.74, 6) is 0. The standard InChI is InChI=1S/C7H16NO2/c1-4-8(5-2,6-3)10-7-9/h7H,4-6H2,1-3H3/q+1. The molecule has 3 heteroatoms. The molecule has 0 heterocycles. The Hall–Kier alpha value is -0.570. The van der Waals surface area contributed by atoms with Crippen molar-refractivity contribution >= 4 is 6.47 Å². The first-order valence-electron chi connectivity index (χ1n) is 3.72. The molecule has 0 aliphatic carbocycles. The Morgan fingerprint density at radius 1 is 1.20 bits per heavy atom. The average molecular weight is 146 g/mol. The number of rotatable bonds is 5. The molecule has 0 aromatic rings. The molecule has 0 saturated carbocycles. The van der Waals surface area contributed by atoms with Gasteiger partial charge in [-0.1, -0.05) is 0 Å². The monoisotopic (exact) mass is 146 g/mol. The highest BCUT2D eigenvalue weighted by Crippen LogP contribution is 2.04. The Balaban J connectivity index is 4.00. The lowest BCUT2D eigenvalue weighted by Crippen LogP contribution is -2.46. The van der Waals surface area contributed by atoms with E-state index in [2.05, 4.69) is 0 Å². The van der Waals surface area contributed by atoms with Gasteiger partial charge in [0.05, 0.1) is 0 Å². The van der Waals surface area contributed by atoms with Gasteiger partial charge in [-0.05, 0) is 20.8 Å². The van der Waals surface area contributed by atoms with Crippen molar-refractivity contribution < 1.29 is 14.3 Å². The maximum absolute atomic E-state index is 10.1. The maximum atomic E-state index is 10.1. The number of hydrogen-bond donors (Lipinski definition) is 0. The number of carbonyl (C=O) groups excluding carboxylic acids is 1. The summed E-state index contributed by atoms with van der Waals surface area (Å²) in [5, 5.41) is 0. The minimum atomic E-state index is 0.434. The summed E-state index contributed by atoms with van der Waals surface area (Å²) >= 11 is 0.